The molecule has 1 fully saturated rings. The minimum atomic E-state index is -0.367. The highest BCUT2D eigenvalue weighted by atomic mass is 19.1. The fraction of sp³-hybridized carbons (Fsp3) is 0.318. The number of halogens is 1. The van der Waals surface area contributed by atoms with Crippen LogP contribution in [0.15, 0.2) is 43.1 Å². The smallest absolute Gasteiger partial charge is 0.180 e. The van der Waals surface area contributed by atoms with Crippen molar-refractivity contribution in [1.82, 2.24) is 29.5 Å². The van der Waals surface area contributed by atoms with Crippen molar-refractivity contribution in [2.24, 2.45) is 0 Å². The number of benzene rings is 1. The highest BCUT2D eigenvalue weighted by Gasteiger charge is 2.20. The minimum absolute atomic E-state index is 0.367. The molecule has 3 N–H and O–H groups in total. The van der Waals surface area contributed by atoms with E-state index in [1.54, 1.807) is 30.9 Å². The number of imidazole rings is 1. The summed E-state index contributed by atoms with van der Waals surface area (Å²) in [6.45, 7) is 3.22. The van der Waals surface area contributed by atoms with Crippen LogP contribution in [-0.4, -0.2) is 50.4 Å². The number of nitrogens with one attached hydrogen (secondary N) is 3. The highest BCUT2D eigenvalue weighted by Crippen LogP contribution is 2.35. The number of hydrogen-bond donors (Lipinski definition) is 3. The van der Waals surface area contributed by atoms with Gasteiger partial charge in [-0.25, -0.2) is 14.4 Å². The van der Waals surface area contributed by atoms with Crippen molar-refractivity contribution in [3.8, 4) is 17.0 Å². The van der Waals surface area contributed by atoms with E-state index in [1.807, 2.05) is 15.3 Å². The summed E-state index contributed by atoms with van der Waals surface area (Å²) in [5.74, 6) is 0.744. The van der Waals surface area contributed by atoms with Gasteiger partial charge in [0.05, 0.1) is 35.5 Å². The van der Waals surface area contributed by atoms with E-state index < -0.39 is 0 Å². The molecule has 0 spiro atoms. The molecule has 1 saturated heterocycles. The monoisotopic (exact) mass is 434 g/mol. The Morgan fingerprint density at radius 2 is 2.03 bits per heavy atom. The number of nitrogens with zero attached hydrogens (tertiary/aromatic N) is 5. The molecule has 6 rings (SSSR count). The average molecular weight is 434 g/mol. The molecule has 0 radical (unpaired) electrons. The van der Waals surface area contributed by atoms with Crippen LogP contribution in [0, 0.1) is 5.82 Å². The van der Waals surface area contributed by atoms with Crippen molar-refractivity contribution in [3.05, 3.63) is 48.9 Å². The van der Waals surface area contributed by atoms with Crippen molar-refractivity contribution in [2.45, 2.75) is 18.9 Å². The Bertz CT molecular complexity index is 1280. The Kier molecular flexibility index (Phi) is 4.64. The van der Waals surface area contributed by atoms with Crippen LogP contribution in [0.5, 0.6) is 5.75 Å². The molecule has 0 bridgehead atoms. The van der Waals surface area contributed by atoms with Crippen molar-refractivity contribution < 1.29 is 9.13 Å². The zero-order valence-corrected chi connectivity index (χ0v) is 17.4. The summed E-state index contributed by atoms with van der Waals surface area (Å²) in [5.41, 5.74) is 3.27. The molecule has 0 atom stereocenters. The average Bonchev–Trinajstić information content (AvgIpc) is 3.50. The first kappa shape index (κ1) is 19.1. The molecule has 0 unspecified atom stereocenters. The van der Waals surface area contributed by atoms with E-state index in [9.17, 15) is 4.39 Å². The molecule has 5 heterocycles. The molecular formula is C22H23FN8O. The number of piperidine rings is 1. The molecule has 0 saturated carbocycles. The van der Waals surface area contributed by atoms with Crippen LogP contribution < -0.4 is 20.7 Å². The molecule has 2 aliphatic rings. The van der Waals surface area contributed by atoms with Gasteiger partial charge < -0.3 is 20.7 Å². The molecular weight excluding hydrogens is 411 g/mol. The molecule has 0 aliphatic carbocycles. The normalized spacial score (nSPS) is 16.4. The second-order valence-corrected chi connectivity index (χ2v) is 8.03. The van der Waals surface area contributed by atoms with Crippen LogP contribution in [0.25, 0.3) is 16.9 Å². The van der Waals surface area contributed by atoms with Gasteiger partial charge in [-0.15, -0.1) is 0 Å². The van der Waals surface area contributed by atoms with E-state index in [2.05, 4.69) is 31.0 Å². The zero-order chi connectivity index (χ0) is 21.5. The van der Waals surface area contributed by atoms with Crippen molar-refractivity contribution in [2.75, 3.05) is 36.9 Å². The predicted molar refractivity (Wildman–Crippen MR) is 119 cm³/mol. The first-order chi connectivity index (χ1) is 15.8. The van der Waals surface area contributed by atoms with Gasteiger partial charge in [0.2, 0.25) is 0 Å². The maximum absolute atomic E-state index is 14.9. The maximum Gasteiger partial charge on any atom is 0.180 e. The van der Waals surface area contributed by atoms with E-state index in [1.165, 1.54) is 6.07 Å². The lowest BCUT2D eigenvalue weighted by Gasteiger charge is -2.22. The standard InChI is InChI=1S/C22H23FN8O/c23-17-10-20-18(25-6-8-32-20)9-16(17)19-12-27-21(22-26-5-7-30(19)22)29-14-11-28-31(13-14)15-1-3-24-4-2-15/h5,7,9-13,15,24-25H,1-4,6,8H2,(H,27,29). The third kappa shape index (κ3) is 3.32. The highest BCUT2D eigenvalue weighted by molar-refractivity contribution is 5.76. The van der Waals surface area contributed by atoms with Gasteiger partial charge in [0.15, 0.2) is 11.5 Å². The Labute approximate surface area is 183 Å². The summed E-state index contributed by atoms with van der Waals surface area (Å²) in [7, 11) is 0. The Morgan fingerprint density at radius 3 is 2.94 bits per heavy atom. The second-order valence-electron chi connectivity index (χ2n) is 8.03. The van der Waals surface area contributed by atoms with Gasteiger partial charge in [-0.3, -0.25) is 9.08 Å². The number of fused-ring (bicyclic) bond motifs is 2. The lowest BCUT2D eigenvalue weighted by molar-refractivity contribution is 0.321. The largest absolute Gasteiger partial charge is 0.489 e. The Balaban J connectivity index is 1.33. The first-order valence-corrected chi connectivity index (χ1v) is 10.8. The van der Waals surface area contributed by atoms with Crippen LogP contribution in [-0.2, 0) is 0 Å². The van der Waals surface area contributed by atoms with Crippen molar-refractivity contribution >= 4 is 22.8 Å². The lowest BCUT2D eigenvalue weighted by atomic mass is 10.1. The molecule has 9 nitrogen and oxygen atoms in total. The van der Waals surface area contributed by atoms with E-state index in [0.29, 0.717) is 47.7 Å². The number of anilines is 3. The van der Waals surface area contributed by atoms with Gasteiger partial charge in [0.1, 0.15) is 18.2 Å². The summed E-state index contributed by atoms with van der Waals surface area (Å²) in [4.78, 5) is 9.02. The van der Waals surface area contributed by atoms with Crippen molar-refractivity contribution in [1.29, 1.82) is 0 Å². The van der Waals surface area contributed by atoms with Crippen LogP contribution in [0.3, 0.4) is 0 Å². The van der Waals surface area contributed by atoms with Crippen LogP contribution in [0.1, 0.15) is 18.9 Å². The van der Waals surface area contributed by atoms with E-state index in [4.69, 9.17) is 4.74 Å². The van der Waals surface area contributed by atoms with Gasteiger partial charge >= 0.3 is 0 Å². The Morgan fingerprint density at radius 1 is 1.12 bits per heavy atom. The molecule has 32 heavy (non-hydrogen) atoms. The van der Waals surface area contributed by atoms with Gasteiger partial charge in [-0.05, 0) is 32.0 Å². The van der Waals surface area contributed by atoms with E-state index in [0.717, 1.165) is 37.3 Å². The van der Waals surface area contributed by atoms with Gasteiger partial charge in [-0.1, -0.05) is 0 Å². The van der Waals surface area contributed by atoms with Gasteiger partial charge in [0, 0.05) is 36.8 Å². The third-order valence-corrected chi connectivity index (χ3v) is 6.00. The molecule has 0 amide bonds. The summed E-state index contributed by atoms with van der Waals surface area (Å²) < 4.78 is 24.3. The number of ether oxygens (including phenoxy) is 1. The Hall–Kier alpha value is -3.66. The molecule has 3 aromatic heterocycles. The van der Waals surface area contributed by atoms with Crippen LogP contribution in [0.4, 0.5) is 21.6 Å². The van der Waals surface area contributed by atoms with Gasteiger partial charge in [-0.2, -0.15) is 5.10 Å². The van der Waals surface area contributed by atoms with Gasteiger partial charge in [0.25, 0.3) is 0 Å². The van der Waals surface area contributed by atoms with E-state index in [-0.39, 0.29) is 5.82 Å². The predicted octanol–water partition coefficient (Wildman–Crippen LogP) is 3.20. The number of aromatic nitrogens is 5. The number of rotatable bonds is 4. The van der Waals surface area contributed by atoms with E-state index >= 15 is 0 Å². The number of hydrogen-bond acceptors (Lipinski definition) is 7. The SMILES string of the molecule is Fc1cc2c(cc1-c1cnc(Nc3cnn(C4CCNCC4)c3)c3nccn13)NCCO2. The zero-order valence-electron chi connectivity index (χ0n) is 17.4. The third-order valence-electron chi connectivity index (χ3n) is 6.00. The molecule has 10 heteroatoms. The minimum Gasteiger partial charge on any atom is -0.489 e. The lowest BCUT2D eigenvalue weighted by Crippen LogP contribution is -2.29. The van der Waals surface area contributed by atoms with Crippen LogP contribution in [0.2, 0.25) is 0 Å². The fourth-order valence-electron chi connectivity index (χ4n) is 4.37. The molecule has 1 aromatic carbocycles. The summed E-state index contributed by atoms with van der Waals surface area (Å²) >= 11 is 0. The van der Waals surface area contributed by atoms with Crippen molar-refractivity contribution in [3.63, 3.8) is 0 Å². The summed E-state index contributed by atoms with van der Waals surface area (Å²) in [6.07, 6.45) is 11.1. The first-order valence-electron chi connectivity index (χ1n) is 10.8. The summed E-state index contributed by atoms with van der Waals surface area (Å²) in [6, 6.07) is 3.58. The maximum atomic E-state index is 14.9. The quantitative estimate of drug-likeness (QED) is 0.454. The summed E-state index contributed by atoms with van der Waals surface area (Å²) in [5, 5.41) is 14.5. The second kappa shape index (κ2) is 7.79. The fourth-order valence-corrected chi connectivity index (χ4v) is 4.37. The molecule has 2 aliphatic heterocycles. The molecule has 4 aromatic rings. The van der Waals surface area contributed by atoms with Crippen LogP contribution >= 0.6 is 0 Å². The molecule has 164 valence electrons. The topological polar surface area (TPSA) is 93.3 Å².